The molecular weight excluding hydrogens is 401 g/mol. The number of rotatable bonds is 6. The zero-order valence-corrected chi connectivity index (χ0v) is 15.9. The zero-order chi connectivity index (χ0) is 15.2. The van der Waals surface area contributed by atoms with E-state index in [1.165, 1.54) is 19.3 Å². The monoisotopic (exact) mass is 430 g/mol. The summed E-state index contributed by atoms with van der Waals surface area (Å²) in [5, 5.41) is 6.91. The van der Waals surface area contributed by atoms with E-state index in [9.17, 15) is 8.78 Å². The number of nitrogens with zero attached hydrogens (tertiary/aromatic N) is 2. The van der Waals surface area contributed by atoms with E-state index in [4.69, 9.17) is 0 Å². The van der Waals surface area contributed by atoms with Crippen LogP contribution in [0.5, 0.6) is 0 Å². The van der Waals surface area contributed by atoms with Crippen molar-refractivity contribution in [2.45, 2.75) is 57.5 Å². The van der Waals surface area contributed by atoms with E-state index < -0.39 is 6.43 Å². The van der Waals surface area contributed by atoms with Crippen LogP contribution in [0.2, 0.25) is 0 Å². The Labute approximate surface area is 149 Å². The smallest absolute Gasteiger partial charge is 0.251 e. The molecule has 1 saturated heterocycles. The molecule has 1 saturated carbocycles. The molecule has 7 heteroatoms. The summed E-state index contributed by atoms with van der Waals surface area (Å²) in [7, 11) is 1.79. The van der Waals surface area contributed by atoms with Crippen molar-refractivity contribution in [1.82, 2.24) is 15.5 Å². The first-order chi connectivity index (χ1) is 10.1. The number of piperidine rings is 1. The normalized spacial score (nSPS) is 26.7. The van der Waals surface area contributed by atoms with Gasteiger partial charge in [-0.05, 0) is 31.6 Å². The van der Waals surface area contributed by atoms with E-state index in [2.05, 4.69) is 22.5 Å². The average Bonchev–Trinajstić information content (AvgIpc) is 3.18. The topological polar surface area (TPSA) is 39.7 Å². The van der Waals surface area contributed by atoms with Gasteiger partial charge >= 0.3 is 0 Å². The van der Waals surface area contributed by atoms with Crippen LogP contribution in [0.15, 0.2) is 4.99 Å². The first-order valence-electron chi connectivity index (χ1n) is 8.12. The molecule has 2 N–H and O–H groups in total. The zero-order valence-electron chi connectivity index (χ0n) is 13.5. The predicted molar refractivity (Wildman–Crippen MR) is 97.3 cm³/mol. The van der Waals surface area contributed by atoms with Gasteiger partial charge in [-0.1, -0.05) is 13.3 Å². The van der Waals surface area contributed by atoms with Crippen LogP contribution in [-0.2, 0) is 0 Å². The molecule has 22 heavy (non-hydrogen) atoms. The quantitative estimate of drug-likeness (QED) is 0.387. The fourth-order valence-electron chi connectivity index (χ4n) is 3.11. The third-order valence-corrected chi connectivity index (χ3v) is 4.45. The molecule has 0 aromatic rings. The summed E-state index contributed by atoms with van der Waals surface area (Å²) in [6.45, 7) is 3.60. The van der Waals surface area contributed by atoms with Crippen molar-refractivity contribution in [2.75, 3.05) is 26.7 Å². The van der Waals surface area contributed by atoms with Gasteiger partial charge in [-0.25, -0.2) is 8.78 Å². The van der Waals surface area contributed by atoms with Gasteiger partial charge < -0.3 is 10.6 Å². The predicted octanol–water partition coefficient (Wildman–Crippen LogP) is 2.69. The lowest BCUT2D eigenvalue weighted by Gasteiger charge is -2.32. The molecular formula is C15H29F2IN4. The number of hydrogen-bond acceptors (Lipinski definition) is 2. The average molecular weight is 430 g/mol. The Hall–Kier alpha value is -0.180. The molecule has 2 unspecified atom stereocenters. The summed E-state index contributed by atoms with van der Waals surface area (Å²) in [6, 6.07) is 0.906. The summed E-state index contributed by atoms with van der Waals surface area (Å²) in [5.41, 5.74) is 0. The number of halogens is 3. The van der Waals surface area contributed by atoms with E-state index in [0.717, 1.165) is 37.8 Å². The van der Waals surface area contributed by atoms with Gasteiger partial charge in [0, 0.05) is 32.2 Å². The molecule has 0 aromatic heterocycles. The number of alkyl halides is 2. The minimum absolute atomic E-state index is 0. The van der Waals surface area contributed by atoms with Gasteiger partial charge in [0.05, 0.1) is 6.54 Å². The molecule has 0 bridgehead atoms. The summed E-state index contributed by atoms with van der Waals surface area (Å²) in [4.78, 5) is 6.13. The van der Waals surface area contributed by atoms with Crippen molar-refractivity contribution in [3.63, 3.8) is 0 Å². The van der Waals surface area contributed by atoms with Crippen LogP contribution in [0.3, 0.4) is 0 Å². The Bertz CT molecular complexity index is 346. The lowest BCUT2D eigenvalue weighted by Crippen LogP contribution is -2.49. The second-order valence-electron chi connectivity index (χ2n) is 6.22. The van der Waals surface area contributed by atoms with Crippen molar-refractivity contribution >= 4 is 29.9 Å². The number of guanidine groups is 1. The van der Waals surface area contributed by atoms with Gasteiger partial charge in [0.15, 0.2) is 5.96 Å². The molecule has 2 aliphatic rings. The summed E-state index contributed by atoms with van der Waals surface area (Å²) in [6.07, 6.45) is 3.32. The van der Waals surface area contributed by atoms with Crippen molar-refractivity contribution in [3.8, 4) is 0 Å². The highest BCUT2D eigenvalue weighted by atomic mass is 127. The Kier molecular flexibility index (Phi) is 8.89. The molecule has 0 spiro atoms. The molecule has 1 heterocycles. The molecule has 1 aliphatic carbocycles. The molecule has 2 atom stereocenters. The van der Waals surface area contributed by atoms with Gasteiger partial charge in [-0.2, -0.15) is 0 Å². The lowest BCUT2D eigenvalue weighted by atomic mass is 10.1. The van der Waals surface area contributed by atoms with Crippen LogP contribution in [0.25, 0.3) is 0 Å². The van der Waals surface area contributed by atoms with Gasteiger partial charge in [0.2, 0.25) is 0 Å². The maximum atomic E-state index is 12.3. The molecule has 1 aliphatic heterocycles. The highest BCUT2D eigenvalue weighted by molar-refractivity contribution is 14.0. The summed E-state index contributed by atoms with van der Waals surface area (Å²) >= 11 is 0. The Balaban J connectivity index is 0.00000242. The van der Waals surface area contributed by atoms with E-state index in [1.54, 1.807) is 7.05 Å². The van der Waals surface area contributed by atoms with Crippen LogP contribution in [0.4, 0.5) is 8.78 Å². The van der Waals surface area contributed by atoms with E-state index >= 15 is 0 Å². The van der Waals surface area contributed by atoms with Crippen LogP contribution >= 0.6 is 24.0 Å². The van der Waals surface area contributed by atoms with Gasteiger partial charge in [0.1, 0.15) is 0 Å². The maximum absolute atomic E-state index is 12.3. The third kappa shape index (κ3) is 6.52. The SMILES string of the molecule is CCCC1CC1NC(=NC)NC1CCN(CC(F)F)CC1.I. The van der Waals surface area contributed by atoms with Gasteiger partial charge in [0.25, 0.3) is 6.43 Å². The number of aliphatic imine (C=N–C) groups is 1. The molecule has 0 amide bonds. The molecule has 2 rings (SSSR count). The molecule has 130 valence electrons. The number of nitrogens with one attached hydrogen (secondary N) is 2. The summed E-state index contributed by atoms with van der Waals surface area (Å²) in [5.74, 6) is 1.66. The largest absolute Gasteiger partial charge is 0.354 e. The van der Waals surface area contributed by atoms with Crippen molar-refractivity contribution in [1.29, 1.82) is 0 Å². The van der Waals surface area contributed by atoms with Crippen LogP contribution in [0, 0.1) is 5.92 Å². The van der Waals surface area contributed by atoms with Crippen molar-refractivity contribution < 1.29 is 8.78 Å². The van der Waals surface area contributed by atoms with Crippen LogP contribution < -0.4 is 10.6 Å². The lowest BCUT2D eigenvalue weighted by molar-refractivity contribution is 0.0744. The van der Waals surface area contributed by atoms with Gasteiger partial charge in [-0.3, -0.25) is 9.89 Å². The fourth-order valence-corrected chi connectivity index (χ4v) is 3.11. The second kappa shape index (κ2) is 9.85. The Morgan fingerprint density at radius 2 is 1.95 bits per heavy atom. The van der Waals surface area contributed by atoms with Crippen molar-refractivity contribution in [2.24, 2.45) is 10.9 Å². The van der Waals surface area contributed by atoms with E-state index in [1.807, 2.05) is 4.90 Å². The first-order valence-corrected chi connectivity index (χ1v) is 8.12. The van der Waals surface area contributed by atoms with Gasteiger partial charge in [-0.15, -0.1) is 24.0 Å². The van der Waals surface area contributed by atoms with E-state index in [0.29, 0.717) is 12.1 Å². The highest BCUT2D eigenvalue weighted by Gasteiger charge is 2.36. The molecule has 0 aromatic carbocycles. The second-order valence-corrected chi connectivity index (χ2v) is 6.22. The summed E-state index contributed by atoms with van der Waals surface area (Å²) < 4.78 is 24.7. The molecule has 4 nitrogen and oxygen atoms in total. The fraction of sp³-hybridized carbons (Fsp3) is 0.933. The number of hydrogen-bond donors (Lipinski definition) is 2. The Morgan fingerprint density at radius 3 is 2.50 bits per heavy atom. The standard InChI is InChI=1S/C15H28F2N4.HI/c1-3-4-11-9-13(11)20-15(18-2)19-12-5-7-21(8-6-12)10-14(16)17;/h11-14H,3-10H2,1-2H3,(H2,18,19,20);1H. The molecule has 0 radical (unpaired) electrons. The highest BCUT2D eigenvalue weighted by Crippen LogP contribution is 2.34. The van der Waals surface area contributed by atoms with Crippen LogP contribution in [-0.4, -0.2) is 56.1 Å². The maximum Gasteiger partial charge on any atom is 0.251 e. The first kappa shape index (κ1) is 19.9. The van der Waals surface area contributed by atoms with E-state index in [-0.39, 0.29) is 30.5 Å². The molecule has 2 fully saturated rings. The third-order valence-electron chi connectivity index (χ3n) is 4.45. The minimum Gasteiger partial charge on any atom is -0.354 e. The Morgan fingerprint density at radius 1 is 1.27 bits per heavy atom. The van der Waals surface area contributed by atoms with Crippen molar-refractivity contribution in [3.05, 3.63) is 0 Å². The number of likely N-dealkylation sites (tertiary alicyclic amines) is 1. The minimum atomic E-state index is -2.23. The van der Waals surface area contributed by atoms with Crippen LogP contribution in [0.1, 0.15) is 39.0 Å².